The van der Waals surface area contributed by atoms with Gasteiger partial charge in [0, 0.05) is 6.07 Å². The molecular formula is C14H18O4S. The number of allylic oxidation sites excluding steroid dienone is 4. The lowest BCUT2D eigenvalue weighted by Gasteiger charge is -2.24. The molecule has 0 radical (unpaired) electrons. The van der Waals surface area contributed by atoms with Crippen molar-refractivity contribution in [3.05, 3.63) is 42.2 Å². The molecule has 0 amide bonds. The van der Waals surface area contributed by atoms with Crippen molar-refractivity contribution >= 4 is 10.1 Å². The lowest BCUT2D eigenvalue weighted by molar-refractivity contribution is 0.382. The maximum absolute atomic E-state index is 11.8. The van der Waals surface area contributed by atoms with Gasteiger partial charge in [0.05, 0.1) is 12.0 Å². The number of rotatable bonds is 5. The minimum Gasteiger partial charge on any atom is -0.433 e. The van der Waals surface area contributed by atoms with E-state index in [0.29, 0.717) is 6.42 Å². The van der Waals surface area contributed by atoms with Gasteiger partial charge in [-0.3, -0.25) is 0 Å². The van der Waals surface area contributed by atoms with E-state index in [1.165, 1.54) is 12.3 Å². The molecule has 0 atom stereocenters. The van der Waals surface area contributed by atoms with Gasteiger partial charge in [0.15, 0.2) is 0 Å². The van der Waals surface area contributed by atoms with Crippen molar-refractivity contribution in [3.8, 4) is 5.95 Å². The molecule has 1 heterocycles. The minimum absolute atomic E-state index is 0.0119. The molecule has 0 spiro atoms. The van der Waals surface area contributed by atoms with Crippen LogP contribution < -0.4 is 4.18 Å². The van der Waals surface area contributed by atoms with Crippen LogP contribution in [-0.2, 0) is 10.1 Å². The third kappa shape index (κ3) is 4.28. The van der Waals surface area contributed by atoms with E-state index in [2.05, 4.69) is 19.9 Å². The van der Waals surface area contributed by atoms with Crippen molar-refractivity contribution in [2.45, 2.75) is 26.7 Å². The molecule has 1 aliphatic rings. The topological polar surface area (TPSA) is 56.5 Å². The molecule has 1 aromatic heterocycles. The second-order valence-electron chi connectivity index (χ2n) is 5.38. The van der Waals surface area contributed by atoms with Crippen LogP contribution in [0.5, 0.6) is 5.95 Å². The summed E-state index contributed by atoms with van der Waals surface area (Å²) in [5, 5.41) is 0. The van der Waals surface area contributed by atoms with Gasteiger partial charge in [-0.05, 0) is 24.3 Å². The molecule has 0 N–H and O–H groups in total. The predicted octanol–water partition coefficient (Wildman–Crippen LogP) is 3.29. The molecule has 0 aliphatic heterocycles. The summed E-state index contributed by atoms with van der Waals surface area (Å²) in [5.74, 6) is -0.0263. The fourth-order valence-electron chi connectivity index (χ4n) is 2.05. The highest BCUT2D eigenvalue weighted by Gasteiger charge is 2.21. The van der Waals surface area contributed by atoms with Gasteiger partial charge in [-0.2, -0.15) is 8.42 Å². The maximum Gasteiger partial charge on any atom is 0.312 e. The van der Waals surface area contributed by atoms with E-state index in [0.717, 1.165) is 12.0 Å². The van der Waals surface area contributed by atoms with Crippen molar-refractivity contribution in [3.63, 3.8) is 0 Å². The maximum atomic E-state index is 11.8. The predicted molar refractivity (Wildman–Crippen MR) is 73.4 cm³/mol. The zero-order chi connectivity index (χ0) is 13.9. The molecular weight excluding hydrogens is 264 g/mol. The van der Waals surface area contributed by atoms with Crippen LogP contribution in [-0.4, -0.2) is 14.2 Å². The smallest absolute Gasteiger partial charge is 0.312 e. The van der Waals surface area contributed by atoms with Crippen LogP contribution >= 0.6 is 0 Å². The van der Waals surface area contributed by atoms with Crippen molar-refractivity contribution in [1.29, 1.82) is 0 Å². The van der Waals surface area contributed by atoms with Gasteiger partial charge in [-0.1, -0.05) is 37.6 Å². The van der Waals surface area contributed by atoms with Crippen LogP contribution in [0.15, 0.2) is 46.6 Å². The Balaban J connectivity index is 1.92. The van der Waals surface area contributed by atoms with E-state index in [4.69, 9.17) is 8.60 Å². The molecule has 0 bridgehead atoms. The summed E-state index contributed by atoms with van der Waals surface area (Å²) in [6.45, 7) is 4.26. The van der Waals surface area contributed by atoms with Crippen LogP contribution in [0.3, 0.4) is 0 Å². The molecule has 0 saturated carbocycles. The second-order valence-corrected chi connectivity index (χ2v) is 7.07. The molecule has 0 aromatic carbocycles. The van der Waals surface area contributed by atoms with Gasteiger partial charge < -0.3 is 8.60 Å². The van der Waals surface area contributed by atoms with E-state index in [1.54, 1.807) is 6.07 Å². The largest absolute Gasteiger partial charge is 0.433 e. The second kappa shape index (κ2) is 5.25. The van der Waals surface area contributed by atoms with Crippen molar-refractivity contribution < 1.29 is 17.0 Å². The Morgan fingerprint density at radius 1 is 1.42 bits per heavy atom. The lowest BCUT2D eigenvalue weighted by atomic mass is 9.81. The summed E-state index contributed by atoms with van der Waals surface area (Å²) < 4.78 is 33.3. The molecule has 2 rings (SSSR count). The molecule has 1 aromatic rings. The molecule has 0 unspecified atom stereocenters. The van der Waals surface area contributed by atoms with Crippen LogP contribution in [0.1, 0.15) is 26.7 Å². The summed E-state index contributed by atoms with van der Waals surface area (Å²) in [5.41, 5.74) is 1.22. The van der Waals surface area contributed by atoms with E-state index in [-0.39, 0.29) is 17.1 Å². The van der Waals surface area contributed by atoms with Gasteiger partial charge in [0.1, 0.15) is 0 Å². The first-order chi connectivity index (χ1) is 8.86. The molecule has 1 aliphatic carbocycles. The van der Waals surface area contributed by atoms with E-state index in [9.17, 15) is 8.42 Å². The number of hydrogen-bond donors (Lipinski definition) is 0. The quantitative estimate of drug-likeness (QED) is 0.778. The average molecular weight is 282 g/mol. The molecule has 104 valence electrons. The van der Waals surface area contributed by atoms with Gasteiger partial charge in [0.2, 0.25) is 0 Å². The fraction of sp³-hybridized carbons (Fsp3) is 0.429. The van der Waals surface area contributed by atoms with E-state index >= 15 is 0 Å². The lowest BCUT2D eigenvalue weighted by Crippen LogP contribution is -2.17. The minimum atomic E-state index is -3.60. The molecule has 19 heavy (non-hydrogen) atoms. The van der Waals surface area contributed by atoms with Crippen molar-refractivity contribution in [2.24, 2.45) is 5.41 Å². The Morgan fingerprint density at radius 2 is 2.21 bits per heavy atom. The first-order valence-electron chi connectivity index (χ1n) is 6.19. The normalized spacial score (nSPS) is 18.1. The van der Waals surface area contributed by atoms with Crippen molar-refractivity contribution in [2.75, 3.05) is 5.75 Å². The highest BCUT2D eigenvalue weighted by molar-refractivity contribution is 7.87. The number of hydrogen-bond acceptors (Lipinski definition) is 4. The highest BCUT2D eigenvalue weighted by atomic mass is 32.2. The first kappa shape index (κ1) is 13.9. The van der Waals surface area contributed by atoms with E-state index in [1.807, 2.05) is 12.2 Å². The Morgan fingerprint density at radius 3 is 2.84 bits per heavy atom. The van der Waals surface area contributed by atoms with E-state index < -0.39 is 10.1 Å². The summed E-state index contributed by atoms with van der Waals surface area (Å²) >= 11 is 0. The molecule has 5 heteroatoms. The summed E-state index contributed by atoms with van der Waals surface area (Å²) in [6, 6.07) is 3.06. The van der Waals surface area contributed by atoms with Gasteiger partial charge in [0.25, 0.3) is 0 Å². The molecule has 4 nitrogen and oxygen atoms in total. The molecule has 0 saturated heterocycles. The first-order valence-corrected chi connectivity index (χ1v) is 7.77. The van der Waals surface area contributed by atoms with Crippen LogP contribution in [0.25, 0.3) is 0 Å². The van der Waals surface area contributed by atoms with Crippen LogP contribution in [0, 0.1) is 5.41 Å². The summed E-state index contributed by atoms with van der Waals surface area (Å²) in [6.07, 6.45) is 8.83. The van der Waals surface area contributed by atoms with Gasteiger partial charge in [-0.15, -0.1) is 0 Å². The van der Waals surface area contributed by atoms with Crippen LogP contribution in [0.4, 0.5) is 0 Å². The zero-order valence-electron chi connectivity index (χ0n) is 11.1. The summed E-state index contributed by atoms with van der Waals surface area (Å²) in [7, 11) is -3.60. The Kier molecular flexibility index (Phi) is 3.85. The van der Waals surface area contributed by atoms with Gasteiger partial charge in [-0.25, -0.2) is 0 Å². The molecule has 0 fully saturated rings. The zero-order valence-corrected chi connectivity index (χ0v) is 11.9. The Hall–Kier alpha value is -1.49. The third-order valence-electron chi connectivity index (χ3n) is 2.94. The average Bonchev–Trinajstić information content (AvgIpc) is 2.77. The van der Waals surface area contributed by atoms with Gasteiger partial charge >= 0.3 is 16.1 Å². The monoisotopic (exact) mass is 282 g/mol. The third-order valence-corrected chi connectivity index (χ3v) is 4.06. The standard InChI is InChI=1S/C14H18O4S/c1-14(2)8-3-5-12(11-14)7-10-19(15,16)18-13-6-4-9-17-13/h3-6,8-9H,7,10-11H2,1-2H3. The SMILES string of the molecule is CC1(C)C=CC=C(CCS(=O)(=O)Oc2ccco2)C1. The van der Waals surface area contributed by atoms with Crippen molar-refractivity contribution in [1.82, 2.24) is 0 Å². The Labute approximate surface area is 113 Å². The Bertz CT molecular complexity index is 577. The van der Waals surface area contributed by atoms with Crippen LogP contribution in [0.2, 0.25) is 0 Å². The highest BCUT2D eigenvalue weighted by Crippen LogP contribution is 2.31. The summed E-state index contributed by atoms with van der Waals surface area (Å²) in [4.78, 5) is 0. The number of furan rings is 1. The fourth-order valence-corrected chi connectivity index (χ4v) is 2.99.